The van der Waals surface area contributed by atoms with Crippen LogP contribution in [0.15, 0.2) is 47.8 Å². The summed E-state index contributed by atoms with van der Waals surface area (Å²) in [5, 5.41) is 0. The van der Waals surface area contributed by atoms with Crippen LogP contribution in [0, 0.1) is 6.92 Å². The molecule has 1 heterocycles. The molecule has 1 aromatic carbocycles. The second kappa shape index (κ2) is 5.08. The number of hydrogen-bond donors (Lipinski definition) is 0. The molecule has 1 nitrogen and oxygen atoms in total. The lowest BCUT2D eigenvalue weighted by molar-refractivity contribution is 0.413. The molecule has 98 valence electrons. The summed E-state index contributed by atoms with van der Waals surface area (Å²) in [6.45, 7) is 5.47. The molecule has 0 aromatic heterocycles. The van der Waals surface area contributed by atoms with Gasteiger partial charge >= 0.3 is 0 Å². The first-order valence-electron chi connectivity index (χ1n) is 7.23. The SMILES string of the molecule is CCC1=Cc2cccc(C)c2CN1C1=CCCC=C1. The van der Waals surface area contributed by atoms with Gasteiger partial charge < -0.3 is 4.90 Å². The van der Waals surface area contributed by atoms with E-state index < -0.39 is 0 Å². The van der Waals surface area contributed by atoms with Gasteiger partial charge in [0, 0.05) is 17.9 Å². The summed E-state index contributed by atoms with van der Waals surface area (Å²) < 4.78 is 0. The first-order valence-corrected chi connectivity index (χ1v) is 7.23. The first kappa shape index (κ1) is 12.3. The second-order valence-electron chi connectivity index (χ2n) is 5.33. The quantitative estimate of drug-likeness (QED) is 0.730. The number of fused-ring (bicyclic) bond motifs is 1. The smallest absolute Gasteiger partial charge is 0.0487 e. The average Bonchev–Trinajstić information content (AvgIpc) is 2.47. The Morgan fingerprint density at radius 2 is 2.11 bits per heavy atom. The van der Waals surface area contributed by atoms with E-state index in [1.165, 1.54) is 40.9 Å². The molecule has 19 heavy (non-hydrogen) atoms. The molecule has 0 spiro atoms. The van der Waals surface area contributed by atoms with Crippen molar-refractivity contribution in [2.45, 2.75) is 39.7 Å². The highest BCUT2D eigenvalue weighted by Crippen LogP contribution is 2.32. The molecule has 0 saturated carbocycles. The van der Waals surface area contributed by atoms with Gasteiger partial charge in [-0.3, -0.25) is 0 Å². The van der Waals surface area contributed by atoms with E-state index in [9.17, 15) is 0 Å². The minimum Gasteiger partial charge on any atom is -0.341 e. The largest absolute Gasteiger partial charge is 0.341 e. The molecule has 1 heteroatoms. The number of nitrogens with zero attached hydrogens (tertiary/aromatic N) is 1. The highest BCUT2D eigenvalue weighted by atomic mass is 15.1. The molecule has 0 fully saturated rings. The standard InChI is InChI=1S/C18H21N/c1-3-16-12-15-9-7-8-14(2)18(15)13-19(16)17-10-5-4-6-11-17/h5,7-12H,3-4,6,13H2,1-2H3. The number of benzene rings is 1. The molecule has 0 bridgehead atoms. The Kier molecular flexibility index (Phi) is 3.29. The molecular formula is C18H21N. The number of hydrogen-bond acceptors (Lipinski definition) is 1. The van der Waals surface area contributed by atoms with E-state index in [2.05, 4.69) is 61.3 Å². The van der Waals surface area contributed by atoms with E-state index in [0.717, 1.165) is 13.0 Å². The van der Waals surface area contributed by atoms with Crippen LogP contribution in [0.2, 0.25) is 0 Å². The second-order valence-corrected chi connectivity index (χ2v) is 5.33. The van der Waals surface area contributed by atoms with Crippen molar-refractivity contribution in [3.63, 3.8) is 0 Å². The highest BCUT2D eigenvalue weighted by molar-refractivity contribution is 5.61. The van der Waals surface area contributed by atoms with Gasteiger partial charge in [-0.05, 0) is 55.0 Å². The zero-order valence-electron chi connectivity index (χ0n) is 11.8. The lowest BCUT2D eigenvalue weighted by Crippen LogP contribution is -2.25. The van der Waals surface area contributed by atoms with Crippen molar-refractivity contribution in [1.29, 1.82) is 0 Å². The van der Waals surface area contributed by atoms with Gasteiger partial charge in [-0.2, -0.15) is 0 Å². The molecule has 0 unspecified atom stereocenters. The molecule has 0 radical (unpaired) electrons. The van der Waals surface area contributed by atoms with Gasteiger partial charge in [0.25, 0.3) is 0 Å². The average molecular weight is 251 g/mol. The third kappa shape index (κ3) is 2.25. The summed E-state index contributed by atoms with van der Waals surface area (Å²) in [6.07, 6.45) is 12.7. The van der Waals surface area contributed by atoms with Crippen LogP contribution in [0.4, 0.5) is 0 Å². The minimum absolute atomic E-state index is 1.01. The van der Waals surface area contributed by atoms with Crippen LogP contribution in [-0.4, -0.2) is 4.90 Å². The van der Waals surface area contributed by atoms with Gasteiger partial charge in [-0.25, -0.2) is 0 Å². The molecule has 2 aliphatic rings. The van der Waals surface area contributed by atoms with Gasteiger partial charge in [0.1, 0.15) is 0 Å². The number of aryl methyl sites for hydroxylation is 1. The van der Waals surface area contributed by atoms with Gasteiger partial charge in [-0.1, -0.05) is 37.3 Å². The molecule has 0 N–H and O–H groups in total. The van der Waals surface area contributed by atoms with Crippen LogP contribution in [0.3, 0.4) is 0 Å². The predicted molar refractivity (Wildman–Crippen MR) is 81.4 cm³/mol. The van der Waals surface area contributed by atoms with Crippen LogP contribution >= 0.6 is 0 Å². The Labute approximate surface area is 115 Å². The molecule has 1 aromatic rings. The van der Waals surface area contributed by atoms with Gasteiger partial charge in [-0.15, -0.1) is 0 Å². The minimum atomic E-state index is 1.01. The molecule has 0 atom stereocenters. The van der Waals surface area contributed by atoms with E-state index in [-0.39, 0.29) is 0 Å². The maximum atomic E-state index is 2.48. The van der Waals surface area contributed by atoms with E-state index in [1.54, 1.807) is 0 Å². The van der Waals surface area contributed by atoms with Crippen LogP contribution < -0.4 is 0 Å². The predicted octanol–water partition coefficient (Wildman–Crippen LogP) is 4.80. The van der Waals surface area contributed by atoms with E-state index in [0.29, 0.717) is 0 Å². The summed E-state index contributed by atoms with van der Waals surface area (Å²) in [5.41, 5.74) is 7.06. The summed E-state index contributed by atoms with van der Waals surface area (Å²) in [5.74, 6) is 0. The Morgan fingerprint density at radius 3 is 2.84 bits per heavy atom. The van der Waals surface area contributed by atoms with Crippen molar-refractivity contribution in [3.8, 4) is 0 Å². The zero-order chi connectivity index (χ0) is 13.2. The van der Waals surface area contributed by atoms with Crippen LogP contribution in [0.1, 0.15) is 42.9 Å². The lowest BCUT2D eigenvalue weighted by Gasteiger charge is -2.34. The first-order chi connectivity index (χ1) is 9.29. The van der Waals surface area contributed by atoms with Crippen molar-refractivity contribution in [3.05, 3.63) is 64.5 Å². The Morgan fingerprint density at radius 1 is 1.21 bits per heavy atom. The Hall–Kier alpha value is -1.76. The van der Waals surface area contributed by atoms with Gasteiger partial charge in [0.05, 0.1) is 0 Å². The van der Waals surface area contributed by atoms with Gasteiger partial charge in [0.2, 0.25) is 0 Å². The van der Waals surface area contributed by atoms with Crippen molar-refractivity contribution in [1.82, 2.24) is 4.90 Å². The molecule has 1 aliphatic heterocycles. The summed E-state index contributed by atoms with van der Waals surface area (Å²) >= 11 is 0. The van der Waals surface area contributed by atoms with Crippen molar-refractivity contribution in [2.75, 3.05) is 0 Å². The summed E-state index contributed by atoms with van der Waals surface area (Å²) in [6, 6.07) is 6.61. The molecule has 1 aliphatic carbocycles. The maximum absolute atomic E-state index is 2.48. The maximum Gasteiger partial charge on any atom is 0.0487 e. The fraction of sp³-hybridized carbons (Fsp3) is 0.333. The topological polar surface area (TPSA) is 3.24 Å². The van der Waals surface area contributed by atoms with Gasteiger partial charge in [0.15, 0.2) is 0 Å². The third-order valence-corrected chi connectivity index (χ3v) is 4.08. The van der Waals surface area contributed by atoms with Crippen LogP contribution in [-0.2, 0) is 6.54 Å². The van der Waals surface area contributed by atoms with Crippen LogP contribution in [0.5, 0.6) is 0 Å². The summed E-state index contributed by atoms with van der Waals surface area (Å²) in [4.78, 5) is 2.48. The molecule has 3 rings (SSSR count). The highest BCUT2D eigenvalue weighted by Gasteiger charge is 2.20. The number of allylic oxidation sites excluding steroid dienone is 4. The number of rotatable bonds is 2. The molecule has 0 saturated heterocycles. The van der Waals surface area contributed by atoms with E-state index in [1.807, 2.05) is 0 Å². The van der Waals surface area contributed by atoms with Crippen molar-refractivity contribution in [2.24, 2.45) is 0 Å². The molecular weight excluding hydrogens is 230 g/mol. The third-order valence-electron chi connectivity index (χ3n) is 4.08. The monoisotopic (exact) mass is 251 g/mol. The van der Waals surface area contributed by atoms with Crippen molar-refractivity contribution < 1.29 is 0 Å². The lowest BCUT2D eigenvalue weighted by atomic mass is 9.95. The Balaban J connectivity index is 2.02. The van der Waals surface area contributed by atoms with E-state index in [4.69, 9.17) is 0 Å². The fourth-order valence-corrected chi connectivity index (χ4v) is 2.94. The van der Waals surface area contributed by atoms with Crippen molar-refractivity contribution >= 4 is 6.08 Å². The summed E-state index contributed by atoms with van der Waals surface area (Å²) in [7, 11) is 0. The zero-order valence-corrected chi connectivity index (χ0v) is 11.8. The normalized spacial score (nSPS) is 17.9. The Bertz CT molecular complexity index is 575. The fourth-order valence-electron chi connectivity index (χ4n) is 2.94. The van der Waals surface area contributed by atoms with Crippen LogP contribution in [0.25, 0.3) is 6.08 Å². The van der Waals surface area contributed by atoms with E-state index >= 15 is 0 Å². The molecule has 0 amide bonds.